The van der Waals surface area contributed by atoms with Crippen LogP contribution in [-0.4, -0.2) is 43.0 Å². The molecule has 7 heteroatoms. The van der Waals surface area contributed by atoms with Crippen molar-refractivity contribution >= 4 is 21.6 Å². The Labute approximate surface area is 159 Å². The molecule has 0 spiro atoms. The molecule has 1 amide bonds. The average molecular weight is 388 g/mol. The second-order valence-corrected chi connectivity index (χ2v) is 9.36. The Hall–Kier alpha value is -2.25. The zero-order valence-corrected chi connectivity index (χ0v) is 16.3. The first kappa shape index (κ1) is 19.5. The van der Waals surface area contributed by atoms with Crippen molar-refractivity contribution in [1.82, 2.24) is 4.98 Å². The Morgan fingerprint density at radius 1 is 1.15 bits per heavy atom. The highest BCUT2D eigenvalue weighted by Crippen LogP contribution is 2.22. The number of benzene rings is 1. The molecule has 0 bridgehead atoms. The smallest absolute Gasteiger partial charge is 0.243 e. The summed E-state index contributed by atoms with van der Waals surface area (Å²) in [4.78, 5) is 17.0. The summed E-state index contributed by atoms with van der Waals surface area (Å²) in [7, 11) is -3.57. The minimum absolute atomic E-state index is 0.340. The van der Waals surface area contributed by atoms with E-state index in [-0.39, 0.29) is 0 Å². The lowest BCUT2D eigenvalue weighted by Crippen LogP contribution is -2.41. The molecule has 1 saturated heterocycles. The van der Waals surface area contributed by atoms with Crippen molar-refractivity contribution < 1.29 is 17.9 Å². The third kappa shape index (κ3) is 4.54. The summed E-state index contributed by atoms with van der Waals surface area (Å²) in [5, 5.41) is 0.985. The first-order valence-corrected chi connectivity index (χ1v) is 10.6. The number of anilines is 1. The van der Waals surface area contributed by atoms with E-state index >= 15 is 0 Å². The Morgan fingerprint density at radius 3 is 2.48 bits per heavy atom. The van der Waals surface area contributed by atoms with E-state index in [4.69, 9.17) is 4.74 Å². The molecule has 1 fully saturated rings. The van der Waals surface area contributed by atoms with Crippen molar-refractivity contribution in [2.24, 2.45) is 0 Å². The molecule has 1 atom stereocenters. The van der Waals surface area contributed by atoms with Crippen LogP contribution >= 0.6 is 0 Å². The van der Waals surface area contributed by atoms with Gasteiger partial charge in [-0.3, -0.25) is 4.79 Å². The molecular weight excluding hydrogens is 364 g/mol. The van der Waals surface area contributed by atoms with Crippen molar-refractivity contribution in [2.75, 3.05) is 18.5 Å². The van der Waals surface area contributed by atoms with Gasteiger partial charge >= 0.3 is 0 Å². The summed E-state index contributed by atoms with van der Waals surface area (Å²) in [6, 6.07) is 13.2. The van der Waals surface area contributed by atoms with Crippen LogP contribution in [0.4, 0.5) is 5.82 Å². The number of aromatic nitrogens is 1. The second-order valence-electron chi connectivity index (χ2n) is 6.81. The molecule has 0 saturated carbocycles. The number of amides is 1. The summed E-state index contributed by atoms with van der Waals surface area (Å²) < 4.78 is 30.6. The van der Waals surface area contributed by atoms with Gasteiger partial charge < -0.3 is 10.1 Å². The highest BCUT2D eigenvalue weighted by Gasteiger charge is 2.36. The monoisotopic (exact) mass is 388 g/mol. The van der Waals surface area contributed by atoms with Crippen LogP contribution in [0.5, 0.6) is 0 Å². The van der Waals surface area contributed by atoms with Crippen LogP contribution in [0.15, 0.2) is 42.5 Å². The maximum Gasteiger partial charge on any atom is 0.243 e. The number of carbonyl (C=O) groups excluding carboxylic acids is 1. The molecule has 1 unspecified atom stereocenters. The predicted octanol–water partition coefficient (Wildman–Crippen LogP) is 2.98. The lowest BCUT2D eigenvalue weighted by Gasteiger charge is -2.24. The molecule has 1 N–H and O–H groups in total. The van der Waals surface area contributed by atoms with E-state index in [1.165, 1.54) is 6.92 Å². The van der Waals surface area contributed by atoms with Gasteiger partial charge in [-0.25, -0.2) is 13.4 Å². The average Bonchev–Trinajstić information content (AvgIpc) is 2.68. The minimum atomic E-state index is -3.57. The fraction of sp³-hybridized carbons (Fsp3) is 0.400. The summed E-state index contributed by atoms with van der Waals surface area (Å²) in [5.74, 6) is -0.220. The van der Waals surface area contributed by atoms with Gasteiger partial charge in [-0.15, -0.1) is 0 Å². The molecule has 1 aromatic carbocycles. The molecule has 27 heavy (non-hydrogen) atoms. The Balaban J connectivity index is 1.73. The fourth-order valence-electron chi connectivity index (χ4n) is 3.06. The van der Waals surface area contributed by atoms with Gasteiger partial charge in [-0.2, -0.15) is 0 Å². The van der Waals surface area contributed by atoms with Gasteiger partial charge in [0.05, 0.1) is 10.9 Å². The summed E-state index contributed by atoms with van der Waals surface area (Å²) >= 11 is 0. The zero-order valence-electron chi connectivity index (χ0n) is 15.5. The first-order valence-electron chi connectivity index (χ1n) is 9.03. The SMILES string of the molecule is Cc1ccc(-c2cccc(NC(=O)C(C)S(=O)(=O)C3CCOCC3)n2)cc1. The van der Waals surface area contributed by atoms with E-state index in [0.29, 0.717) is 37.6 Å². The summed E-state index contributed by atoms with van der Waals surface area (Å²) in [6.45, 7) is 4.27. The summed E-state index contributed by atoms with van der Waals surface area (Å²) in [5.41, 5.74) is 2.79. The van der Waals surface area contributed by atoms with E-state index in [9.17, 15) is 13.2 Å². The fourth-order valence-corrected chi connectivity index (χ4v) is 4.84. The number of aryl methyl sites for hydroxylation is 1. The van der Waals surface area contributed by atoms with Crippen molar-refractivity contribution in [2.45, 2.75) is 37.2 Å². The minimum Gasteiger partial charge on any atom is -0.381 e. The second kappa shape index (κ2) is 8.19. The molecular formula is C20H24N2O4S. The van der Waals surface area contributed by atoms with Crippen LogP contribution < -0.4 is 5.32 Å². The molecule has 3 rings (SSSR count). The highest BCUT2D eigenvalue weighted by atomic mass is 32.2. The third-order valence-electron chi connectivity index (χ3n) is 4.84. The van der Waals surface area contributed by atoms with Gasteiger partial charge in [-0.1, -0.05) is 35.9 Å². The lowest BCUT2D eigenvalue weighted by atomic mass is 10.1. The van der Waals surface area contributed by atoms with Crippen LogP contribution in [-0.2, 0) is 19.4 Å². The number of sulfone groups is 1. The van der Waals surface area contributed by atoms with Gasteiger partial charge in [0.1, 0.15) is 11.1 Å². The molecule has 2 aromatic rings. The maximum atomic E-state index is 12.7. The van der Waals surface area contributed by atoms with Gasteiger partial charge in [0.2, 0.25) is 5.91 Å². The van der Waals surface area contributed by atoms with Crippen LogP contribution in [0.2, 0.25) is 0 Å². The van der Waals surface area contributed by atoms with E-state index in [0.717, 1.165) is 11.1 Å². The number of rotatable bonds is 5. The van der Waals surface area contributed by atoms with E-state index in [1.54, 1.807) is 12.1 Å². The van der Waals surface area contributed by atoms with Gasteiger partial charge in [0.15, 0.2) is 9.84 Å². The zero-order chi connectivity index (χ0) is 19.4. The molecule has 1 aliphatic heterocycles. The van der Waals surface area contributed by atoms with Crippen LogP contribution in [0, 0.1) is 6.92 Å². The third-order valence-corrected chi connectivity index (χ3v) is 7.44. The van der Waals surface area contributed by atoms with E-state index < -0.39 is 26.2 Å². The summed E-state index contributed by atoms with van der Waals surface area (Å²) in [6.07, 6.45) is 0.863. The number of hydrogen-bond acceptors (Lipinski definition) is 5. The van der Waals surface area contributed by atoms with E-state index in [1.807, 2.05) is 37.3 Å². The van der Waals surface area contributed by atoms with Crippen LogP contribution in [0.1, 0.15) is 25.3 Å². The highest BCUT2D eigenvalue weighted by molar-refractivity contribution is 7.93. The normalized spacial score (nSPS) is 16.7. The number of ether oxygens (including phenoxy) is 1. The Morgan fingerprint density at radius 2 is 1.81 bits per heavy atom. The maximum absolute atomic E-state index is 12.7. The molecule has 1 aliphatic rings. The standard InChI is InChI=1S/C20H24N2O4S/c1-14-6-8-16(9-7-14)18-4-3-5-19(21-18)22-20(23)15(2)27(24,25)17-10-12-26-13-11-17/h3-9,15,17H,10-13H2,1-2H3,(H,21,22,23). The van der Waals surface area contributed by atoms with Crippen molar-refractivity contribution in [3.63, 3.8) is 0 Å². The number of carbonyl (C=O) groups is 1. The van der Waals surface area contributed by atoms with Crippen molar-refractivity contribution in [3.8, 4) is 11.3 Å². The molecule has 6 nitrogen and oxygen atoms in total. The van der Waals surface area contributed by atoms with Crippen LogP contribution in [0.25, 0.3) is 11.3 Å². The molecule has 144 valence electrons. The number of pyridine rings is 1. The first-order chi connectivity index (χ1) is 12.9. The Kier molecular flexibility index (Phi) is 5.92. The van der Waals surface area contributed by atoms with Crippen molar-refractivity contribution in [3.05, 3.63) is 48.0 Å². The van der Waals surface area contributed by atoms with Gasteiger partial charge in [0, 0.05) is 18.8 Å². The van der Waals surface area contributed by atoms with E-state index in [2.05, 4.69) is 10.3 Å². The predicted molar refractivity (Wildman–Crippen MR) is 105 cm³/mol. The van der Waals surface area contributed by atoms with Crippen LogP contribution in [0.3, 0.4) is 0 Å². The number of nitrogens with zero attached hydrogens (tertiary/aromatic N) is 1. The van der Waals surface area contributed by atoms with Gasteiger partial charge in [0.25, 0.3) is 0 Å². The quantitative estimate of drug-likeness (QED) is 0.851. The number of hydrogen-bond donors (Lipinski definition) is 1. The largest absolute Gasteiger partial charge is 0.381 e. The lowest BCUT2D eigenvalue weighted by molar-refractivity contribution is -0.115. The topological polar surface area (TPSA) is 85.4 Å². The molecule has 0 radical (unpaired) electrons. The van der Waals surface area contributed by atoms with Gasteiger partial charge in [-0.05, 0) is 38.8 Å². The number of nitrogens with one attached hydrogen (secondary N) is 1. The molecule has 1 aromatic heterocycles. The molecule has 0 aliphatic carbocycles. The van der Waals surface area contributed by atoms with Crippen molar-refractivity contribution in [1.29, 1.82) is 0 Å². The Bertz CT molecular complexity index is 904. The molecule has 2 heterocycles.